The Morgan fingerprint density at radius 3 is 1.88 bits per heavy atom. The van der Waals surface area contributed by atoms with Gasteiger partial charge < -0.3 is 0 Å². The van der Waals surface area contributed by atoms with Gasteiger partial charge in [0.05, 0.1) is 0 Å². The second kappa shape index (κ2) is 5.77. The Morgan fingerprint density at radius 1 is 1.00 bits per heavy atom. The van der Waals surface area contributed by atoms with Crippen LogP contribution < -0.4 is 0 Å². The van der Waals surface area contributed by atoms with Crippen LogP contribution in [-0.2, 0) is 6.42 Å². The molecule has 0 aromatic heterocycles. The molecule has 0 N–H and O–H groups in total. The fourth-order valence-electron chi connectivity index (χ4n) is 2.05. The summed E-state index contributed by atoms with van der Waals surface area (Å²) in [4.78, 5) is 1.47. The molecule has 90 valence electrons. The van der Waals surface area contributed by atoms with Gasteiger partial charge in [-0.3, -0.25) is 0 Å². The fraction of sp³-hybridized carbons (Fsp3) is 0.600. The molecule has 0 amide bonds. The van der Waals surface area contributed by atoms with Crippen LogP contribution in [0.4, 0.5) is 0 Å². The molecule has 0 heterocycles. The first-order chi connectivity index (χ1) is 7.40. The third-order valence-electron chi connectivity index (χ3n) is 2.52. The van der Waals surface area contributed by atoms with E-state index in [-0.39, 0.29) is 0 Å². The summed E-state index contributed by atoms with van der Waals surface area (Å²) in [6, 6.07) is 4.72. The summed E-state index contributed by atoms with van der Waals surface area (Å²) in [6.45, 7) is 13.5. The molecule has 0 unspecified atom stereocenters. The Labute approximate surface area is 105 Å². The van der Waals surface area contributed by atoms with Crippen LogP contribution in [0.2, 0.25) is 0 Å². The number of benzene rings is 1. The molecule has 1 rings (SSSR count). The first-order valence-electron chi connectivity index (χ1n) is 6.17. The van der Waals surface area contributed by atoms with Crippen LogP contribution in [0.1, 0.15) is 44.4 Å². The van der Waals surface area contributed by atoms with Crippen molar-refractivity contribution in [3.8, 4) is 0 Å². The first kappa shape index (κ1) is 13.6. The minimum atomic E-state index is 0.661. The van der Waals surface area contributed by atoms with Gasteiger partial charge in [-0.25, -0.2) is 0 Å². The van der Waals surface area contributed by atoms with Crippen LogP contribution in [-0.4, -0.2) is 5.25 Å². The summed E-state index contributed by atoms with van der Waals surface area (Å²) >= 11 is 1.98. The van der Waals surface area contributed by atoms with Crippen LogP contribution in [0.25, 0.3) is 0 Å². The van der Waals surface area contributed by atoms with Gasteiger partial charge in [-0.15, -0.1) is 11.8 Å². The summed E-state index contributed by atoms with van der Waals surface area (Å²) < 4.78 is 0. The van der Waals surface area contributed by atoms with Gasteiger partial charge in [0.25, 0.3) is 0 Å². The normalized spacial score (nSPS) is 11.5. The van der Waals surface area contributed by atoms with Gasteiger partial charge in [-0.05, 0) is 42.9 Å². The monoisotopic (exact) mass is 236 g/mol. The summed E-state index contributed by atoms with van der Waals surface area (Å²) in [5.74, 6) is 0.738. The third kappa shape index (κ3) is 3.86. The van der Waals surface area contributed by atoms with Crippen molar-refractivity contribution in [1.82, 2.24) is 0 Å². The molecule has 0 aliphatic carbocycles. The maximum absolute atomic E-state index is 2.36. The number of hydrogen-bond donors (Lipinski definition) is 0. The number of aryl methyl sites for hydroxylation is 2. The van der Waals surface area contributed by atoms with E-state index in [2.05, 4.69) is 53.7 Å². The van der Waals surface area contributed by atoms with E-state index in [0.717, 1.165) is 5.92 Å². The van der Waals surface area contributed by atoms with Gasteiger partial charge in [0.2, 0.25) is 0 Å². The van der Waals surface area contributed by atoms with Crippen LogP contribution in [0.15, 0.2) is 17.0 Å². The molecule has 1 aromatic carbocycles. The Balaban J connectivity index is 2.98. The number of hydrogen-bond acceptors (Lipinski definition) is 1. The van der Waals surface area contributed by atoms with E-state index in [1.54, 1.807) is 0 Å². The van der Waals surface area contributed by atoms with Crippen molar-refractivity contribution in [2.75, 3.05) is 0 Å². The lowest BCUT2D eigenvalue weighted by Gasteiger charge is -2.15. The van der Waals surface area contributed by atoms with Crippen molar-refractivity contribution in [2.24, 2.45) is 5.92 Å². The van der Waals surface area contributed by atoms with E-state index in [9.17, 15) is 0 Å². The highest BCUT2D eigenvalue weighted by molar-refractivity contribution is 8.00. The lowest BCUT2D eigenvalue weighted by molar-refractivity contribution is 0.646. The number of thioether (sulfide) groups is 1. The maximum atomic E-state index is 2.36. The second-order valence-corrected chi connectivity index (χ2v) is 6.91. The van der Waals surface area contributed by atoms with E-state index >= 15 is 0 Å². The van der Waals surface area contributed by atoms with E-state index in [1.807, 2.05) is 11.8 Å². The molecule has 0 spiro atoms. The molecule has 1 aromatic rings. The highest BCUT2D eigenvalue weighted by atomic mass is 32.2. The van der Waals surface area contributed by atoms with Gasteiger partial charge in [-0.2, -0.15) is 0 Å². The standard InChI is InChI=1S/C15H24S/c1-10(2)7-14-8-12(5)15(13(6)9-14)16-11(3)4/h8-11H,7H2,1-6H3. The third-order valence-corrected chi connectivity index (χ3v) is 3.87. The van der Waals surface area contributed by atoms with Crippen LogP contribution >= 0.6 is 11.8 Å². The van der Waals surface area contributed by atoms with Crippen molar-refractivity contribution in [2.45, 2.75) is 58.1 Å². The minimum Gasteiger partial charge on any atom is -0.123 e. The van der Waals surface area contributed by atoms with Crippen LogP contribution in [0.5, 0.6) is 0 Å². The van der Waals surface area contributed by atoms with E-state index in [0.29, 0.717) is 5.25 Å². The van der Waals surface area contributed by atoms with Gasteiger partial charge in [0, 0.05) is 10.1 Å². The molecule has 0 atom stereocenters. The second-order valence-electron chi connectivity index (χ2n) is 5.32. The molecule has 1 heteroatoms. The Morgan fingerprint density at radius 2 is 1.50 bits per heavy atom. The minimum absolute atomic E-state index is 0.661. The Bertz CT molecular complexity index is 327. The summed E-state index contributed by atoms with van der Waals surface area (Å²) in [6.07, 6.45) is 1.19. The summed E-state index contributed by atoms with van der Waals surface area (Å²) in [5, 5.41) is 0.661. The molecule has 0 saturated carbocycles. The predicted molar refractivity (Wildman–Crippen MR) is 75.5 cm³/mol. The SMILES string of the molecule is Cc1cc(CC(C)C)cc(C)c1SC(C)C. The molecule has 0 bridgehead atoms. The average Bonchev–Trinajstić information content (AvgIpc) is 2.10. The topological polar surface area (TPSA) is 0 Å². The molecular formula is C15H24S. The van der Waals surface area contributed by atoms with E-state index < -0.39 is 0 Å². The smallest absolute Gasteiger partial charge is 0.0133 e. The summed E-state index contributed by atoms with van der Waals surface area (Å²) in [7, 11) is 0. The molecule has 0 aliphatic heterocycles. The zero-order valence-electron chi connectivity index (χ0n) is 11.4. The van der Waals surface area contributed by atoms with E-state index in [4.69, 9.17) is 0 Å². The highest BCUT2D eigenvalue weighted by Gasteiger charge is 2.08. The van der Waals surface area contributed by atoms with Gasteiger partial charge in [0.15, 0.2) is 0 Å². The lowest BCUT2D eigenvalue weighted by Crippen LogP contribution is -1.98. The van der Waals surface area contributed by atoms with Gasteiger partial charge >= 0.3 is 0 Å². The van der Waals surface area contributed by atoms with Crippen LogP contribution in [0.3, 0.4) is 0 Å². The van der Waals surface area contributed by atoms with Gasteiger partial charge in [0.1, 0.15) is 0 Å². The van der Waals surface area contributed by atoms with Crippen molar-refractivity contribution in [3.63, 3.8) is 0 Å². The molecule has 0 aliphatic rings. The van der Waals surface area contributed by atoms with Gasteiger partial charge in [-0.1, -0.05) is 39.8 Å². The Hall–Kier alpha value is -0.430. The van der Waals surface area contributed by atoms with Crippen molar-refractivity contribution in [1.29, 1.82) is 0 Å². The molecule has 0 radical (unpaired) electrons. The molecule has 0 fully saturated rings. The Kier molecular flexibility index (Phi) is 4.91. The van der Waals surface area contributed by atoms with Crippen molar-refractivity contribution >= 4 is 11.8 Å². The quantitative estimate of drug-likeness (QED) is 0.663. The zero-order valence-corrected chi connectivity index (χ0v) is 12.2. The molecule has 16 heavy (non-hydrogen) atoms. The predicted octanol–water partition coefficient (Wildman–Crippen LogP) is 5.00. The van der Waals surface area contributed by atoms with Crippen molar-refractivity contribution in [3.05, 3.63) is 28.8 Å². The van der Waals surface area contributed by atoms with E-state index in [1.165, 1.54) is 28.0 Å². The fourth-order valence-corrected chi connectivity index (χ4v) is 3.01. The largest absolute Gasteiger partial charge is 0.123 e. The first-order valence-corrected chi connectivity index (χ1v) is 7.05. The highest BCUT2D eigenvalue weighted by Crippen LogP contribution is 2.31. The van der Waals surface area contributed by atoms with Crippen LogP contribution in [0, 0.1) is 19.8 Å². The van der Waals surface area contributed by atoms with Crippen molar-refractivity contribution < 1.29 is 0 Å². The maximum Gasteiger partial charge on any atom is 0.0133 e. The molecular weight excluding hydrogens is 212 g/mol. The summed E-state index contributed by atoms with van der Waals surface area (Å²) in [5.41, 5.74) is 4.36. The average molecular weight is 236 g/mol. The zero-order chi connectivity index (χ0) is 12.3. The molecule has 0 saturated heterocycles. The number of rotatable bonds is 4. The lowest BCUT2D eigenvalue weighted by atomic mass is 9.99. The molecule has 0 nitrogen and oxygen atoms in total.